The van der Waals surface area contributed by atoms with E-state index in [1.807, 2.05) is 30.5 Å². The Balaban J connectivity index is 1.63. The first-order valence-electron chi connectivity index (χ1n) is 8.56. The Morgan fingerprint density at radius 3 is 2.74 bits per heavy atom. The van der Waals surface area contributed by atoms with E-state index in [1.54, 1.807) is 19.4 Å². The van der Waals surface area contributed by atoms with Crippen LogP contribution in [0.15, 0.2) is 53.7 Å². The summed E-state index contributed by atoms with van der Waals surface area (Å²) in [5.74, 6) is 1.74. The molecule has 134 valence electrons. The van der Waals surface area contributed by atoms with E-state index in [1.165, 1.54) is 5.56 Å². The van der Waals surface area contributed by atoms with Crippen LogP contribution in [0.2, 0.25) is 0 Å². The minimum absolute atomic E-state index is 0.238. The van der Waals surface area contributed by atoms with Crippen LogP contribution in [0.25, 0.3) is 12.2 Å². The van der Waals surface area contributed by atoms with Crippen LogP contribution in [0.3, 0.4) is 0 Å². The molecule has 0 fully saturated rings. The molecule has 0 saturated heterocycles. The molecule has 4 rings (SSSR count). The van der Waals surface area contributed by atoms with Gasteiger partial charge in [-0.2, -0.15) is 4.98 Å². The molecule has 27 heavy (non-hydrogen) atoms. The van der Waals surface area contributed by atoms with Crippen molar-refractivity contribution >= 4 is 35.8 Å². The van der Waals surface area contributed by atoms with Crippen molar-refractivity contribution in [2.24, 2.45) is 4.99 Å². The summed E-state index contributed by atoms with van der Waals surface area (Å²) in [6, 6.07) is 13.9. The topological polar surface area (TPSA) is 85.4 Å². The molecule has 6 nitrogen and oxygen atoms in total. The van der Waals surface area contributed by atoms with Crippen molar-refractivity contribution < 1.29 is 4.74 Å². The summed E-state index contributed by atoms with van der Waals surface area (Å²) in [6.07, 6.45) is 7.72. The molecule has 1 aliphatic heterocycles. The molecular weight excluding hydrogens is 338 g/mol. The fourth-order valence-electron chi connectivity index (χ4n) is 2.96. The highest BCUT2D eigenvalue weighted by molar-refractivity contribution is 5.90. The van der Waals surface area contributed by atoms with Crippen molar-refractivity contribution in [2.45, 2.75) is 6.54 Å². The van der Waals surface area contributed by atoms with E-state index >= 15 is 0 Å². The van der Waals surface area contributed by atoms with Crippen molar-refractivity contribution in [3.05, 3.63) is 70.9 Å². The van der Waals surface area contributed by atoms with Gasteiger partial charge in [-0.05, 0) is 52.6 Å². The molecule has 0 atom stereocenters. The maximum absolute atomic E-state index is 5.66. The smallest absolute Gasteiger partial charge is 0.221 e. The number of aliphatic imine (C=N–C) groups is 1. The van der Waals surface area contributed by atoms with Crippen LogP contribution in [0, 0.1) is 0 Å². The lowest BCUT2D eigenvalue weighted by Gasteiger charge is -2.10. The molecule has 0 bridgehead atoms. The summed E-state index contributed by atoms with van der Waals surface area (Å²) in [7, 11) is 1.66. The van der Waals surface area contributed by atoms with E-state index in [0.717, 1.165) is 28.1 Å². The monoisotopic (exact) mass is 357 g/mol. The molecule has 2 aromatic carbocycles. The molecule has 3 aromatic rings. The van der Waals surface area contributed by atoms with Crippen molar-refractivity contribution in [1.82, 2.24) is 9.97 Å². The quantitative estimate of drug-likeness (QED) is 0.676. The van der Waals surface area contributed by atoms with Gasteiger partial charge in [0.2, 0.25) is 5.95 Å². The van der Waals surface area contributed by atoms with Crippen LogP contribution >= 0.6 is 0 Å². The molecule has 1 aliphatic rings. The van der Waals surface area contributed by atoms with Gasteiger partial charge in [-0.15, -0.1) is 0 Å². The fraction of sp³-hybridized carbons (Fsp3) is 0.0952. The second-order valence-electron chi connectivity index (χ2n) is 6.13. The standard InChI is InChI=1S/C21H19N5O/c1-27-18-6-3-14(4-7-18)2-5-15-10-17(11-16-12-23-13-19(15)16)25-20-8-9-24-21(22)26-20/h2-12H,13H2,1H3,(H3,22,24,25,26)/b5-2+. The number of anilines is 3. The number of nitrogen functional groups attached to an aromatic ring is 1. The first-order valence-corrected chi connectivity index (χ1v) is 8.56. The average Bonchev–Trinajstić information content (AvgIpc) is 3.15. The summed E-state index contributed by atoms with van der Waals surface area (Å²) in [5, 5.41) is 3.28. The summed E-state index contributed by atoms with van der Waals surface area (Å²) in [4.78, 5) is 12.5. The first-order chi connectivity index (χ1) is 13.2. The van der Waals surface area contributed by atoms with Crippen LogP contribution in [0.5, 0.6) is 5.75 Å². The van der Waals surface area contributed by atoms with E-state index in [-0.39, 0.29) is 5.95 Å². The molecule has 1 aromatic heterocycles. The molecule has 3 N–H and O–H groups in total. The van der Waals surface area contributed by atoms with Gasteiger partial charge in [-0.25, -0.2) is 4.98 Å². The molecule has 0 aliphatic carbocycles. The summed E-state index contributed by atoms with van der Waals surface area (Å²) < 4.78 is 5.21. The average molecular weight is 357 g/mol. The predicted octanol–water partition coefficient (Wildman–Crippen LogP) is 3.91. The Labute approximate surface area is 157 Å². The lowest BCUT2D eigenvalue weighted by Crippen LogP contribution is -2.00. The van der Waals surface area contributed by atoms with E-state index in [9.17, 15) is 0 Å². The maximum atomic E-state index is 5.66. The summed E-state index contributed by atoms with van der Waals surface area (Å²) >= 11 is 0. The fourth-order valence-corrected chi connectivity index (χ4v) is 2.96. The van der Waals surface area contributed by atoms with Crippen LogP contribution in [-0.4, -0.2) is 23.3 Å². The van der Waals surface area contributed by atoms with Crippen LogP contribution < -0.4 is 15.8 Å². The highest BCUT2D eigenvalue weighted by atomic mass is 16.5. The number of ether oxygens (including phenoxy) is 1. The number of rotatable bonds is 5. The van der Waals surface area contributed by atoms with Gasteiger partial charge in [0.05, 0.1) is 13.7 Å². The highest BCUT2D eigenvalue weighted by Crippen LogP contribution is 2.28. The summed E-state index contributed by atoms with van der Waals surface area (Å²) in [5.41, 5.74) is 11.1. The molecule has 0 radical (unpaired) electrons. The maximum Gasteiger partial charge on any atom is 0.221 e. The van der Waals surface area contributed by atoms with Gasteiger partial charge in [-0.3, -0.25) is 4.99 Å². The van der Waals surface area contributed by atoms with Crippen LogP contribution in [0.1, 0.15) is 22.3 Å². The minimum atomic E-state index is 0.238. The minimum Gasteiger partial charge on any atom is -0.497 e. The third-order valence-electron chi connectivity index (χ3n) is 4.32. The predicted molar refractivity (Wildman–Crippen MR) is 109 cm³/mol. The molecule has 0 unspecified atom stereocenters. The van der Waals surface area contributed by atoms with Crippen LogP contribution in [-0.2, 0) is 6.54 Å². The molecule has 6 heteroatoms. The number of hydrogen-bond donors (Lipinski definition) is 2. The zero-order valence-electron chi connectivity index (χ0n) is 14.9. The van der Waals surface area contributed by atoms with Gasteiger partial charge in [-0.1, -0.05) is 24.3 Å². The number of benzene rings is 2. The van der Waals surface area contributed by atoms with E-state index in [2.05, 4.69) is 44.6 Å². The normalized spacial score (nSPS) is 12.3. The van der Waals surface area contributed by atoms with Crippen LogP contribution in [0.4, 0.5) is 17.5 Å². The highest BCUT2D eigenvalue weighted by Gasteiger charge is 2.12. The molecule has 0 spiro atoms. The third kappa shape index (κ3) is 3.79. The number of nitrogens with zero attached hydrogens (tertiary/aromatic N) is 3. The van der Waals surface area contributed by atoms with Gasteiger partial charge in [0, 0.05) is 18.1 Å². The first kappa shape index (κ1) is 16.8. The van der Waals surface area contributed by atoms with Gasteiger partial charge in [0.25, 0.3) is 0 Å². The lowest BCUT2D eigenvalue weighted by atomic mass is 10.0. The van der Waals surface area contributed by atoms with Gasteiger partial charge in [0.1, 0.15) is 11.6 Å². The Morgan fingerprint density at radius 2 is 1.96 bits per heavy atom. The molecular formula is C21H19N5O. The molecule has 2 heterocycles. The van der Waals surface area contributed by atoms with Gasteiger partial charge < -0.3 is 15.8 Å². The zero-order chi connectivity index (χ0) is 18.6. The lowest BCUT2D eigenvalue weighted by molar-refractivity contribution is 0.415. The molecule has 0 saturated carbocycles. The Kier molecular flexibility index (Phi) is 4.53. The molecule has 0 amide bonds. The van der Waals surface area contributed by atoms with Crippen molar-refractivity contribution in [2.75, 3.05) is 18.2 Å². The van der Waals surface area contributed by atoms with Crippen molar-refractivity contribution in [1.29, 1.82) is 0 Å². The van der Waals surface area contributed by atoms with Gasteiger partial charge >= 0.3 is 0 Å². The van der Waals surface area contributed by atoms with Crippen molar-refractivity contribution in [3.63, 3.8) is 0 Å². The summed E-state index contributed by atoms with van der Waals surface area (Å²) in [6.45, 7) is 0.693. The second-order valence-corrected chi connectivity index (χ2v) is 6.13. The third-order valence-corrected chi connectivity index (χ3v) is 4.32. The number of fused-ring (bicyclic) bond motifs is 1. The largest absolute Gasteiger partial charge is 0.497 e. The second kappa shape index (κ2) is 7.29. The van der Waals surface area contributed by atoms with E-state index in [0.29, 0.717) is 12.4 Å². The van der Waals surface area contributed by atoms with E-state index < -0.39 is 0 Å². The number of aromatic nitrogens is 2. The Bertz CT molecular complexity index is 1030. The van der Waals surface area contributed by atoms with Gasteiger partial charge in [0.15, 0.2) is 0 Å². The number of hydrogen-bond acceptors (Lipinski definition) is 6. The van der Waals surface area contributed by atoms with Crippen molar-refractivity contribution in [3.8, 4) is 5.75 Å². The number of nitrogens with one attached hydrogen (secondary N) is 1. The Hall–Kier alpha value is -3.67. The number of nitrogens with two attached hydrogens (primary N) is 1. The zero-order valence-corrected chi connectivity index (χ0v) is 14.9. The Morgan fingerprint density at radius 1 is 1.11 bits per heavy atom. The number of methoxy groups -OCH3 is 1. The van der Waals surface area contributed by atoms with E-state index in [4.69, 9.17) is 10.5 Å². The SMILES string of the molecule is COc1ccc(/C=C/c2cc(Nc3ccnc(N)n3)cc3c2CN=C3)cc1.